The molecule has 0 saturated heterocycles. The first-order chi connectivity index (χ1) is 10.9. The Morgan fingerprint density at radius 2 is 1.23 bits per heavy atom. The quantitative estimate of drug-likeness (QED) is 0.513. The van der Waals surface area contributed by atoms with Crippen LogP contribution in [-0.2, 0) is 25.7 Å². The largest absolute Gasteiger partial charge is 0.140 e. The molecule has 0 bridgehead atoms. The van der Waals surface area contributed by atoms with Crippen molar-refractivity contribution in [2.24, 2.45) is 0 Å². The first-order valence-electron chi connectivity index (χ1n) is 9.48. The van der Waals surface area contributed by atoms with Gasteiger partial charge in [0.05, 0.1) is 0 Å². The second-order valence-corrected chi connectivity index (χ2v) is 8.37. The van der Waals surface area contributed by atoms with Crippen LogP contribution in [0.2, 0.25) is 0 Å². The average Bonchev–Trinajstić information content (AvgIpc) is 2.89. The summed E-state index contributed by atoms with van der Waals surface area (Å²) in [5.41, 5.74) is 5.13. The summed E-state index contributed by atoms with van der Waals surface area (Å²) >= 11 is 2.16. The zero-order valence-corrected chi connectivity index (χ0v) is 14.6. The van der Waals surface area contributed by atoms with Gasteiger partial charge in [-0.05, 0) is 73.4 Å². The maximum Gasteiger partial charge on any atom is 0.0383 e. The van der Waals surface area contributed by atoms with E-state index in [4.69, 9.17) is 0 Å². The predicted molar refractivity (Wildman–Crippen MR) is 98.2 cm³/mol. The molecule has 0 nitrogen and oxygen atoms in total. The van der Waals surface area contributed by atoms with Crippen molar-refractivity contribution in [1.29, 1.82) is 0 Å². The lowest BCUT2D eigenvalue weighted by Gasteiger charge is -2.11. The Labute approximate surface area is 138 Å². The molecule has 2 aliphatic rings. The number of fused-ring (bicyclic) bond motifs is 5. The Hall–Kier alpha value is -0.820. The molecule has 0 saturated carbocycles. The van der Waals surface area contributed by atoms with Crippen LogP contribution >= 0.6 is 11.3 Å². The molecule has 0 spiro atoms. The van der Waals surface area contributed by atoms with Crippen molar-refractivity contribution in [3.63, 3.8) is 0 Å². The van der Waals surface area contributed by atoms with Gasteiger partial charge < -0.3 is 0 Å². The van der Waals surface area contributed by atoms with Gasteiger partial charge in [-0.1, -0.05) is 44.2 Å². The van der Waals surface area contributed by atoms with Crippen LogP contribution in [0.4, 0.5) is 0 Å². The Kier molecular flexibility index (Phi) is 4.52. The highest BCUT2D eigenvalue weighted by atomic mass is 32.1. The van der Waals surface area contributed by atoms with Gasteiger partial charge in [0.15, 0.2) is 0 Å². The number of hydrogen-bond donors (Lipinski definition) is 0. The first-order valence-corrected chi connectivity index (χ1v) is 10.3. The van der Waals surface area contributed by atoms with E-state index in [1.165, 1.54) is 83.5 Å². The zero-order chi connectivity index (χ0) is 14.8. The Morgan fingerprint density at radius 1 is 0.591 bits per heavy atom. The molecule has 22 heavy (non-hydrogen) atoms. The molecule has 0 aliphatic heterocycles. The standard InChI is InChI=1S/C21H28S/c1-2-6-10-16-14-15-19-18-12-8-4-5-9-13-20(18)22-21(19)17(16)11-7-3-1/h14-15H,1-13H2. The first kappa shape index (κ1) is 14.8. The molecular weight excluding hydrogens is 284 g/mol. The summed E-state index contributed by atoms with van der Waals surface area (Å²) in [5.74, 6) is 0. The fraction of sp³-hybridized carbons (Fsp3) is 0.619. The second kappa shape index (κ2) is 6.74. The van der Waals surface area contributed by atoms with Gasteiger partial charge >= 0.3 is 0 Å². The molecule has 1 aromatic heterocycles. The van der Waals surface area contributed by atoms with Gasteiger partial charge in [-0.25, -0.2) is 0 Å². The molecule has 1 heteroatoms. The van der Waals surface area contributed by atoms with Crippen molar-refractivity contribution in [1.82, 2.24) is 0 Å². The molecule has 0 radical (unpaired) electrons. The van der Waals surface area contributed by atoms with Crippen LogP contribution in [0.3, 0.4) is 0 Å². The number of aryl methyl sites for hydroxylation is 4. The maximum atomic E-state index is 2.48. The lowest BCUT2D eigenvalue weighted by Crippen LogP contribution is -1.96. The van der Waals surface area contributed by atoms with Crippen LogP contribution in [0.1, 0.15) is 79.4 Å². The summed E-state index contributed by atoms with van der Waals surface area (Å²) in [7, 11) is 0. The zero-order valence-electron chi connectivity index (χ0n) is 13.8. The molecule has 2 aliphatic carbocycles. The molecule has 1 heterocycles. The van der Waals surface area contributed by atoms with Crippen molar-refractivity contribution >= 4 is 21.4 Å². The third-order valence-electron chi connectivity index (χ3n) is 5.70. The summed E-state index contributed by atoms with van der Waals surface area (Å²) in [6, 6.07) is 4.96. The van der Waals surface area contributed by atoms with E-state index in [1.54, 1.807) is 31.7 Å². The lowest BCUT2D eigenvalue weighted by atomic mass is 9.93. The molecule has 2 aromatic rings. The van der Waals surface area contributed by atoms with Crippen LogP contribution in [-0.4, -0.2) is 0 Å². The highest BCUT2D eigenvalue weighted by Crippen LogP contribution is 2.39. The fourth-order valence-electron chi connectivity index (χ4n) is 4.43. The molecule has 0 atom stereocenters. The fourth-order valence-corrected chi connectivity index (χ4v) is 5.92. The van der Waals surface area contributed by atoms with Gasteiger partial charge in [0.2, 0.25) is 0 Å². The number of rotatable bonds is 0. The summed E-state index contributed by atoms with van der Waals surface area (Å²) in [6.45, 7) is 0. The monoisotopic (exact) mass is 312 g/mol. The van der Waals surface area contributed by atoms with Gasteiger partial charge in [0.25, 0.3) is 0 Å². The molecule has 0 fully saturated rings. The van der Waals surface area contributed by atoms with Gasteiger partial charge in [0, 0.05) is 9.58 Å². The molecule has 1 aromatic carbocycles. The molecule has 118 valence electrons. The minimum atomic E-state index is 1.31. The Morgan fingerprint density at radius 3 is 2.05 bits per heavy atom. The van der Waals surface area contributed by atoms with Crippen LogP contribution in [0.25, 0.3) is 10.1 Å². The van der Waals surface area contributed by atoms with Gasteiger partial charge in [-0.3, -0.25) is 0 Å². The molecule has 0 unspecified atom stereocenters. The van der Waals surface area contributed by atoms with E-state index in [-0.39, 0.29) is 0 Å². The van der Waals surface area contributed by atoms with E-state index in [1.807, 2.05) is 0 Å². The predicted octanol–water partition coefficient (Wildman–Crippen LogP) is 6.61. The Balaban J connectivity index is 1.82. The van der Waals surface area contributed by atoms with Crippen molar-refractivity contribution in [3.05, 3.63) is 33.7 Å². The van der Waals surface area contributed by atoms with Crippen LogP contribution < -0.4 is 0 Å². The normalized spacial score (nSPS) is 20.2. The van der Waals surface area contributed by atoms with E-state index in [0.29, 0.717) is 0 Å². The summed E-state index contributed by atoms with van der Waals surface area (Å²) < 4.78 is 1.67. The number of benzene rings is 1. The molecule has 0 N–H and O–H groups in total. The second-order valence-electron chi connectivity index (χ2n) is 7.27. The summed E-state index contributed by atoms with van der Waals surface area (Å²) in [4.78, 5) is 1.72. The van der Waals surface area contributed by atoms with E-state index >= 15 is 0 Å². The minimum absolute atomic E-state index is 1.31. The number of hydrogen-bond acceptors (Lipinski definition) is 1. The van der Waals surface area contributed by atoms with Crippen molar-refractivity contribution in [3.8, 4) is 0 Å². The van der Waals surface area contributed by atoms with E-state index in [9.17, 15) is 0 Å². The molecule has 0 amide bonds. The maximum absolute atomic E-state index is 2.48. The smallest absolute Gasteiger partial charge is 0.0383 e. The SMILES string of the molecule is c1cc2c3c(sc2c2c1CCCCCCC2)CCCCCC3. The average molecular weight is 313 g/mol. The third-order valence-corrected chi connectivity index (χ3v) is 7.07. The third kappa shape index (κ3) is 2.85. The van der Waals surface area contributed by atoms with Crippen LogP contribution in [0.5, 0.6) is 0 Å². The van der Waals surface area contributed by atoms with E-state index < -0.39 is 0 Å². The van der Waals surface area contributed by atoms with Crippen LogP contribution in [0, 0.1) is 0 Å². The highest BCUT2D eigenvalue weighted by Gasteiger charge is 2.18. The minimum Gasteiger partial charge on any atom is -0.140 e. The lowest BCUT2D eigenvalue weighted by molar-refractivity contribution is 0.624. The van der Waals surface area contributed by atoms with Gasteiger partial charge in [-0.15, -0.1) is 11.3 Å². The highest BCUT2D eigenvalue weighted by molar-refractivity contribution is 7.19. The van der Waals surface area contributed by atoms with Crippen molar-refractivity contribution in [2.75, 3.05) is 0 Å². The van der Waals surface area contributed by atoms with Gasteiger partial charge in [-0.2, -0.15) is 0 Å². The van der Waals surface area contributed by atoms with E-state index in [0.717, 1.165) is 0 Å². The number of thiophene rings is 1. The van der Waals surface area contributed by atoms with Crippen LogP contribution in [0.15, 0.2) is 12.1 Å². The van der Waals surface area contributed by atoms with Crippen molar-refractivity contribution in [2.45, 2.75) is 83.5 Å². The molecular formula is C21H28S. The van der Waals surface area contributed by atoms with E-state index in [2.05, 4.69) is 23.5 Å². The summed E-state index contributed by atoms with van der Waals surface area (Å²) in [6.07, 6.45) is 18.1. The van der Waals surface area contributed by atoms with Crippen molar-refractivity contribution < 1.29 is 0 Å². The summed E-state index contributed by atoms with van der Waals surface area (Å²) in [5, 5.41) is 1.62. The van der Waals surface area contributed by atoms with Gasteiger partial charge in [0.1, 0.15) is 0 Å². The Bertz CT molecular complexity index is 649. The molecule has 4 rings (SSSR count). The topological polar surface area (TPSA) is 0 Å².